The van der Waals surface area contributed by atoms with Crippen LogP contribution in [0.4, 0.5) is 18.9 Å². The van der Waals surface area contributed by atoms with Gasteiger partial charge in [0, 0.05) is 43.7 Å². The van der Waals surface area contributed by atoms with E-state index < -0.39 is 11.7 Å². The van der Waals surface area contributed by atoms with Crippen molar-refractivity contribution in [2.75, 3.05) is 18.4 Å². The third-order valence-corrected chi connectivity index (χ3v) is 7.61. The molecule has 0 amide bonds. The Hall–Kier alpha value is -2.47. The van der Waals surface area contributed by atoms with Gasteiger partial charge in [0.2, 0.25) is 0 Å². The quantitative estimate of drug-likeness (QED) is 0.491. The predicted molar refractivity (Wildman–Crippen MR) is 121 cm³/mol. The van der Waals surface area contributed by atoms with E-state index in [4.69, 9.17) is 0 Å². The van der Waals surface area contributed by atoms with Crippen LogP contribution in [0, 0.1) is 5.92 Å². The summed E-state index contributed by atoms with van der Waals surface area (Å²) in [5.74, 6) is 0.804. The van der Waals surface area contributed by atoms with E-state index in [0.29, 0.717) is 12.2 Å². The van der Waals surface area contributed by atoms with Crippen molar-refractivity contribution in [1.29, 1.82) is 0 Å². The fraction of sp³-hybridized carbons (Fsp3) is 0.462. The minimum Gasteiger partial charge on any atom is -0.379 e. The molecule has 1 aromatic heterocycles. The molecule has 0 radical (unpaired) electrons. The Bertz CT molecular complexity index is 1170. The number of hydrogen-bond donors (Lipinski definition) is 1. The Kier molecular flexibility index (Phi) is 4.75. The lowest BCUT2D eigenvalue weighted by atomic mass is 9.88. The molecular formula is C26H28F3N3. The number of rotatable bonds is 2. The maximum absolute atomic E-state index is 13.4. The number of benzene rings is 2. The second-order valence-corrected chi connectivity index (χ2v) is 9.65. The van der Waals surface area contributed by atoms with Gasteiger partial charge in [-0.1, -0.05) is 37.5 Å². The van der Waals surface area contributed by atoms with E-state index in [0.717, 1.165) is 42.2 Å². The second-order valence-electron chi connectivity index (χ2n) is 9.65. The topological polar surface area (TPSA) is 20.2 Å². The Morgan fingerprint density at radius 3 is 2.69 bits per heavy atom. The summed E-state index contributed by atoms with van der Waals surface area (Å²) < 4.78 is 42.3. The summed E-state index contributed by atoms with van der Waals surface area (Å²) in [4.78, 5) is 2.60. The molecule has 3 heterocycles. The molecule has 1 fully saturated rings. The molecule has 3 aromatic rings. The number of nitrogens with zero attached hydrogens (tertiary/aromatic N) is 2. The van der Waals surface area contributed by atoms with Crippen LogP contribution in [0.3, 0.4) is 0 Å². The molecule has 0 spiro atoms. The third kappa shape index (κ3) is 3.31. The number of halogens is 3. The van der Waals surface area contributed by atoms with Crippen molar-refractivity contribution in [3.05, 3.63) is 58.8 Å². The van der Waals surface area contributed by atoms with Crippen LogP contribution in [0.1, 0.15) is 54.5 Å². The Morgan fingerprint density at radius 2 is 1.88 bits per heavy atom. The summed E-state index contributed by atoms with van der Waals surface area (Å²) in [6.07, 6.45) is 3.36. The van der Waals surface area contributed by atoms with E-state index in [2.05, 4.69) is 33.0 Å². The standard InChI is InChI=1S/C26H28F3N3/c27-26(28,29)19-9-10-24-22(13-19)30-14-18-7-4-8-20-21-16-31(15-17-5-2-1-3-6-17)12-11-23(21)32(24)25(18)20/h4,7-10,13,17,30H,1-3,5-6,11-12,14-16H2. The zero-order valence-corrected chi connectivity index (χ0v) is 18.1. The van der Waals surface area contributed by atoms with E-state index in [-0.39, 0.29) is 0 Å². The summed E-state index contributed by atoms with van der Waals surface area (Å²) in [5.41, 5.74) is 5.69. The second kappa shape index (κ2) is 7.55. The molecule has 3 aliphatic rings. The van der Waals surface area contributed by atoms with Crippen molar-refractivity contribution >= 4 is 16.6 Å². The number of anilines is 1. The number of para-hydroxylation sites is 1. The van der Waals surface area contributed by atoms with Gasteiger partial charge in [-0.3, -0.25) is 4.90 Å². The molecular weight excluding hydrogens is 411 g/mol. The van der Waals surface area contributed by atoms with E-state index in [9.17, 15) is 13.2 Å². The maximum atomic E-state index is 13.4. The van der Waals surface area contributed by atoms with Crippen LogP contribution < -0.4 is 5.32 Å². The van der Waals surface area contributed by atoms with Crippen LogP contribution >= 0.6 is 0 Å². The van der Waals surface area contributed by atoms with Crippen molar-refractivity contribution in [3.63, 3.8) is 0 Å². The first-order valence-corrected chi connectivity index (χ1v) is 11.8. The molecule has 168 valence electrons. The van der Waals surface area contributed by atoms with E-state index in [1.54, 1.807) is 6.07 Å². The fourth-order valence-electron chi connectivity index (χ4n) is 6.07. The summed E-state index contributed by atoms with van der Waals surface area (Å²) in [6, 6.07) is 10.5. The summed E-state index contributed by atoms with van der Waals surface area (Å²) in [5, 5.41) is 4.52. The van der Waals surface area contributed by atoms with Crippen molar-refractivity contribution in [2.24, 2.45) is 5.92 Å². The lowest BCUT2D eigenvalue weighted by Gasteiger charge is -2.33. The van der Waals surface area contributed by atoms with Crippen molar-refractivity contribution in [2.45, 2.75) is 57.8 Å². The number of alkyl halides is 3. The Balaban J connectivity index is 1.43. The van der Waals surface area contributed by atoms with Gasteiger partial charge in [-0.05, 0) is 48.1 Å². The molecule has 6 rings (SSSR count). The van der Waals surface area contributed by atoms with Gasteiger partial charge < -0.3 is 9.88 Å². The molecule has 0 bridgehead atoms. The predicted octanol–water partition coefficient (Wildman–Crippen LogP) is 6.51. The van der Waals surface area contributed by atoms with Crippen LogP contribution in [-0.2, 0) is 25.7 Å². The largest absolute Gasteiger partial charge is 0.416 e. The van der Waals surface area contributed by atoms with Gasteiger partial charge in [-0.15, -0.1) is 0 Å². The average molecular weight is 440 g/mol. The normalized spacial score (nSPS) is 19.3. The smallest absolute Gasteiger partial charge is 0.379 e. The first kappa shape index (κ1) is 20.2. The zero-order chi connectivity index (χ0) is 21.9. The van der Waals surface area contributed by atoms with Crippen LogP contribution in [0.25, 0.3) is 16.6 Å². The molecule has 2 aromatic carbocycles. The Morgan fingerprint density at radius 1 is 1.03 bits per heavy atom. The summed E-state index contributed by atoms with van der Waals surface area (Å²) in [6.45, 7) is 3.64. The number of aromatic nitrogens is 1. The molecule has 0 unspecified atom stereocenters. The minimum absolute atomic E-state index is 0.528. The van der Waals surface area contributed by atoms with Gasteiger partial charge >= 0.3 is 6.18 Å². The van der Waals surface area contributed by atoms with Gasteiger partial charge in [0.15, 0.2) is 0 Å². The van der Waals surface area contributed by atoms with Gasteiger partial charge in [-0.25, -0.2) is 0 Å². The fourth-order valence-corrected chi connectivity index (χ4v) is 6.07. The highest BCUT2D eigenvalue weighted by Gasteiger charge is 2.33. The molecule has 32 heavy (non-hydrogen) atoms. The minimum atomic E-state index is -4.35. The molecule has 1 saturated carbocycles. The SMILES string of the molecule is FC(F)(F)c1ccc2c(c1)NCc1cccc3c4c(n-2c13)CCN(CC1CCCCC1)C4. The highest BCUT2D eigenvalue weighted by molar-refractivity contribution is 5.92. The summed E-state index contributed by atoms with van der Waals surface area (Å²) in [7, 11) is 0. The van der Waals surface area contributed by atoms with Gasteiger partial charge in [0.05, 0.1) is 22.5 Å². The Labute approximate surface area is 186 Å². The number of hydrogen-bond acceptors (Lipinski definition) is 2. The van der Waals surface area contributed by atoms with Gasteiger partial charge in [-0.2, -0.15) is 13.2 Å². The third-order valence-electron chi connectivity index (χ3n) is 7.61. The van der Waals surface area contributed by atoms with Crippen LogP contribution in [0.15, 0.2) is 36.4 Å². The average Bonchev–Trinajstić information content (AvgIpc) is 3.01. The first-order chi connectivity index (χ1) is 15.5. The maximum Gasteiger partial charge on any atom is 0.416 e. The highest BCUT2D eigenvalue weighted by atomic mass is 19.4. The van der Waals surface area contributed by atoms with E-state index >= 15 is 0 Å². The monoisotopic (exact) mass is 439 g/mol. The molecule has 0 atom stereocenters. The van der Waals surface area contributed by atoms with Crippen LogP contribution in [0.2, 0.25) is 0 Å². The van der Waals surface area contributed by atoms with Gasteiger partial charge in [0.1, 0.15) is 0 Å². The number of nitrogens with one attached hydrogen (secondary N) is 1. The van der Waals surface area contributed by atoms with Crippen LogP contribution in [-0.4, -0.2) is 22.6 Å². The first-order valence-electron chi connectivity index (χ1n) is 11.8. The van der Waals surface area contributed by atoms with Crippen LogP contribution in [0.5, 0.6) is 0 Å². The van der Waals surface area contributed by atoms with Crippen molar-refractivity contribution in [1.82, 2.24) is 9.47 Å². The molecule has 6 heteroatoms. The molecule has 1 aliphatic carbocycles. The molecule has 3 nitrogen and oxygen atoms in total. The summed E-state index contributed by atoms with van der Waals surface area (Å²) >= 11 is 0. The van der Waals surface area contributed by atoms with Crippen molar-refractivity contribution < 1.29 is 13.2 Å². The number of fused-ring (bicyclic) bond motifs is 5. The van der Waals surface area contributed by atoms with Crippen molar-refractivity contribution in [3.8, 4) is 5.69 Å². The zero-order valence-electron chi connectivity index (χ0n) is 18.1. The van der Waals surface area contributed by atoms with E-state index in [1.165, 1.54) is 67.4 Å². The molecule has 1 N–H and O–H groups in total. The lowest BCUT2D eigenvalue weighted by Crippen LogP contribution is -2.35. The highest BCUT2D eigenvalue weighted by Crippen LogP contribution is 2.41. The van der Waals surface area contributed by atoms with Gasteiger partial charge in [0.25, 0.3) is 0 Å². The molecule has 0 saturated heterocycles. The lowest BCUT2D eigenvalue weighted by molar-refractivity contribution is -0.137. The van der Waals surface area contributed by atoms with E-state index in [1.807, 2.05) is 0 Å². The molecule has 2 aliphatic heterocycles.